The molecule has 1 saturated heterocycles. The van der Waals surface area contributed by atoms with Gasteiger partial charge in [0.1, 0.15) is 11.5 Å². The average Bonchev–Trinajstić information content (AvgIpc) is 3.35. The van der Waals surface area contributed by atoms with Crippen molar-refractivity contribution in [1.82, 2.24) is 4.90 Å². The van der Waals surface area contributed by atoms with Crippen LogP contribution in [0.3, 0.4) is 0 Å². The molecule has 1 aliphatic rings. The summed E-state index contributed by atoms with van der Waals surface area (Å²) >= 11 is 7.00. The lowest BCUT2D eigenvalue weighted by Gasteiger charge is -2.12. The van der Waals surface area contributed by atoms with Crippen LogP contribution in [0, 0.1) is 6.92 Å². The van der Waals surface area contributed by atoms with Crippen LogP contribution in [0.15, 0.2) is 63.9 Å². The highest BCUT2D eigenvalue weighted by Crippen LogP contribution is 2.35. The molecule has 0 N–H and O–H groups in total. The fourth-order valence-corrected chi connectivity index (χ4v) is 4.40. The van der Waals surface area contributed by atoms with E-state index in [9.17, 15) is 14.4 Å². The standard InChI is InChI=1S/C25H20ClNO5S/c1-3-31-24(29)19-12-17(7-9-20(19)26)21-10-8-18(32-21)13-22-23(28)27(25(30)33-22)14-16-6-4-5-15(2)11-16/h4-13H,3,14H2,1-2H3/b22-13+. The zero-order valence-electron chi connectivity index (χ0n) is 18.0. The molecule has 0 unspecified atom stereocenters. The number of rotatable bonds is 6. The first kappa shape index (κ1) is 22.9. The maximum atomic E-state index is 12.8. The Hall–Kier alpha value is -3.29. The van der Waals surface area contributed by atoms with Gasteiger partial charge in [-0.05, 0) is 61.5 Å². The summed E-state index contributed by atoms with van der Waals surface area (Å²) in [5.41, 5.74) is 2.83. The summed E-state index contributed by atoms with van der Waals surface area (Å²) in [6.45, 7) is 4.14. The first-order valence-corrected chi connectivity index (χ1v) is 11.4. The van der Waals surface area contributed by atoms with Gasteiger partial charge in [0.15, 0.2) is 0 Å². The van der Waals surface area contributed by atoms with E-state index in [0.29, 0.717) is 17.1 Å². The summed E-state index contributed by atoms with van der Waals surface area (Å²) in [4.78, 5) is 38.9. The van der Waals surface area contributed by atoms with E-state index in [-0.39, 0.29) is 39.8 Å². The van der Waals surface area contributed by atoms with E-state index >= 15 is 0 Å². The van der Waals surface area contributed by atoms with E-state index in [0.717, 1.165) is 22.9 Å². The molecule has 33 heavy (non-hydrogen) atoms. The highest BCUT2D eigenvalue weighted by Gasteiger charge is 2.35. The zero-order valence-corrected chi connectivity index (χ0v) is 19.5. The number of halogens is 1. The van der Waals surface area contributed by atoms with Crippen LogP contribution in [-0.4, -0.2) is 28.6 Å². The topological polar surface area (TPSA) is 76.8 Å². The molecular formula is C25H20ClNO5S. The molecule has 2 aromatic carbocycles. The Bertz CT molecular complexity index is 1280. The number of nitrogens with zero attached hydrogens (tertiary/aromatic N) is 1. The van der Waals surface area contributed by atoms with Gasteiger partial charge in [-0.25, -0.2) is 4.79 Å². The lowest BCUT2D eigenvalue weighted by Crippen LogP contribution is -2.27. The van der Waals surface area contributed by atoms with E-state index < -0.39 is 5.97 Å². The zero-order chi connectivity index (χ0) is 23.5. The summed E-state index contributed by atoms with van der Waals surface area (Å²) in [7, 11) is 0. The van der Waals surface area contributed by atoms with Gasteiger partial charge in [0.05, 0.1) is 28.6 Å². The van der Waals surface area contributed by atoms with E-state index in [2.05, 4.69) is 0 Å². The van der Waals surface area contributed by atoms with Gasteiger partial charge in [-0.1, -0.05) is 41.4 Å². The van der Waals surface area contributed by atoms with Crippen molar-refractivity contribution in [3.05, 3.63) is 87.0 Å². The van der Waals surface area contributed by atoms with Crippen molar-refractivity contribution in [3.8, 4) is 11.3 Å². The molecule has 8 heteroatoms. The van der Waals surface area contributed by atoms with Gasteiger partial charge in [0.25, 0.3) is 11.1 Å². The maximum absolute atomic E-state index is 12.8. The molecule has 2 amide bonds. The molecule has 168 valence electrons. The predicted molar refractivity (Wildman–Crippen MR) is 128 cm³/mol. The molecule has 3 aromatic rings. The number of esters is 1. The molecule has 1 fully saturated rings. The van der Waals surface area contributed by atoms with Crippen molar-refractivity contribution in [2.24, 2.45) is 0 Å². The van der Waals surface area contributed by atoms with Crippen molar-refractivity contribution in [2.75, 3.05) is 6.61 Å². The van der Waals surface area contributed by atoms with Crippen molar-refractivity contribution in [2.45, 2.75) is 20.4 Å². The summed E-state index contributed by atoms with van der Waals surface area (Å²) in [6.07, 6.45) is 1.55. The first-order valence-electron chi connectivity index (χ1n) is 10.2. The van der Waals surface area contributed by atoms with Crippen LogP contribution in [0.5, 0.6) is 0 Å². The third-order valence-corrected chi connectivity index (χ3v) is 6.18. The third kappa shape index (κ3) is 5.05. The Morgan fingerprint density at radius 3 is 2.73 bits per heavy atom. The van der Waals surface area contributed by atoms with Crippen molar-refractivity contribution < 1.29 is 23.5 Å². The van der Waals surface area contributed by atoms with Gasteiger partial charge in [-0.3, -0.25) is 14.5 Å². The van der Waals surface area contributed by atoms with Gasteiger partial charge in [-0.15, -0.1) is 0 Å². The minimum absolute atomic E-state index is 0.217. The average molecular weight is 482 g/mol. The van der Waals surface area contributed by atoms with Crippen LogP contribution in [0.2, 0.25) is 5.02 Å². The largest absolute Gasteiger partial charge is 0.462 e. The number of carbonyl (C=O) groups is 3. The lowest BCUT2D eigenvalue weighted by molar-refractivity contribution is -0.123. The van der Waals surface area contributed by atoms with Crippen LogP contribution in [0.4, 0.5) is 4.79 Å². The quantitative estimate of drug-likeness (QED) is 0.303. The number of thioether (sulfide) groups is 1. The maximum Gasteiger partial charge on any atom is 0.339 e. The van der Waals surface area contributed by atoms with E-state index in [1.54, 1.807) is 43.3 Å². The second-order valence-corrected chi connectivity index (χ2v) is 8.77. The molecule has 4 rings (SSSR count). The third-order valence-electron chi connectivity index (χ3n) is 4.94. The van der Waals surface area contributed by atoms with Crippen LogP contribution >= 0.6 is 23.4 Å². The predicted octanol–water partition coefficient (Wildman–Crippen LogP) is 6.32. The van der Waals surface area contributed by atoms with E-state index in [1.165, 1.54) is 4.90 Å². The number of benzene rings is 2. The minimum Gasteiger partial charge on any atom is -0.462 e. The highest BCUT2D eigenvalue weighted by molar-refractivity contribution is 8.18. The number of carbonyl (C=O) groups excluding carboxylic acids is 3. The second kappa shape index (κ2) is 9.68. The Kier molecular flexibility index (Phi) is 6.72. The van der Waals surface area contributed by atoms with Crippen molar-refractivity contribution in [1.29, 1.82) is 0 Å². The molecule has 1 aromatic heterocycles. The molecule has 0 spiro atoms. The monoisotopic (exact) mass is 481 g/mol. The molecule has 0 saturated carbocycles. The number of amides is 2. The van der Waals surface area contributed by atoms with Gasteiger partial charge in [0, 0.05) is 11.6 Å². The Labute approximate surface area is 200 Å². The fraction of sp³-hybridized carbons (Fsp3) is 0.160. The van der Waals surface area contributed by atoms with Crippen LogP contribution < -0.4 is 0 Å². The Morgan fingerprint density at radius 1 is 1.15 bits per heavy atom. The molecule has 0 aliphatic carbocycles. The molecule has 0 bridgehead atoms. The number of furan rings is 1. The molecule has 2 heterocycles. The Balaban J connectivity index is 1.54. The molecule has 1 aliphatic heterocycles. The van der Waals surface area contributed by atoms with Crippen LogP contribution in [0.25, 0.3) is 17.4 Å². The summed E-state index contributed by atoms with van der Waals surface area (Å²) in [5.74, 6) is 0.0279. The Morgan fingerprint density at radius 2 is 1.97 bits per heavy atom. The summed E-state index contributed by atoms with van der Waals surface area (Å²) in [5, 5.41) is -0.0393. The fourth-order valence-electron chi connectivity index (χ4n) is 3.39. The molecular weight excluding hydrogens is 462 g/mol. The molecule has 6 nitrogen and oxygen atoms in total. The van der Waals surface area contributed by atoms with Gasteiger partial charge >= 0.3 is 5.97 Å². The van der Waals surface area contributed by atoms with Crippen LogP contribution in [0.1, 0.15) is 34.2 Å². The van der Waals surface area contributed by atoms with Gasteiger partial charge in [0.2, 0.25) is 0 Å². The number of hydrogen-bond donors (Lipinski definition) is 0. The highest BCUT2D eigenvalue weighted by atomic mass is 35.5. The number of imide groups is 1. The van der Waals surface area contributed by atoms with Crippen molar-refractivity contribution in [3.63, 3.8) is 0 Å². The molecule has 0 atom stereocenters. The smallest absolute Gasteiger partial charge is 0.339 e. The van der Waals surface area contributed by atoms with E-state index in [1.807, 2.05) is 31.2 Å². The second-order valence-electron chi connectivity index (χ2n) is 7.37. The van der Waals surface area contributed by atoms with Gasteiger partial charge < -0.3 is 9.15 Å². The number of aryl methyl sites for hydroxylation is 1. The summed E-state index contributed by atoms with van der Waals surface area (Å²) < 4.78 is 10.9. The number of ether oxygens (including phenoxy) is 1. The van der Waals surface area contributed by atoms with Gasteiger partial charge in [-0.2, -0.15) is 0 Å². The van der Waals surface area contributed by atoms with Crippen LogP contribution in [-0.2, 0) is 16.1 Å². The number of hydrogen-bond acceptors (Lipinski definition) is 6. The minimum atomic E-state index is -0.515. The normalized spacial score (nSPS) is 14.9. The summed E-state index contributed by atoms with van der Waals surface area (Å²) in [6, 6.07) is 16.0. The first-order chi connectivity index (χ1) is 15.9. The lowest BCUT2D eigenvalue weighted by atomic mass is 10.1. The van der Waals surface area contributed by atoms with Crippen molar-refractivity contribution >= 4 is 46.6 Å². The van der Waals surface area contributed by atoms with E-state index in [4.69, 9.17) is 20.8 Å². The SMILES string of the molecule is CCOC(=O)c1cc(-c2ccc(/C=C3/SC(=O)N(Cc4cccc(C)c4)C3=O)o2)ccc1Cl. The molecule has 0 radical (unpaired) electrons.